The van der Waals surface area contributed by atoms with Gasteiger partial charge in [0.25, 0.3) is 0 Å². The predicted octanol–water partition coefficient (Wildman–Crippen LogP) is 3.42. The van der Waals surface area contributed by atoms with E-state index in [2.05, 4.69) is 18.1 Å². The van der Waals surface area contributed by atoms with Gasteiger partial charge in [0, 0.05) is 24.8 Å². The normalized spacial score (nSPS) is 14.3. The maximum absolute atomic E-state index is 13.3. The largest absolute Gasteiger partial charge is 0.372 e. The number of rotatable bonds is 6. The van der Waals surface area contributed by atoms with Crippen LogP contribution in [0.1, 0.15) is 31.9 Å². The molecule has 0 heterocycles. The second kappa shape index (κ2) is 7.00. The molecule has 0 saturated carbocycles. The predicted molar refractivity (Wildman–Crippen MR) is 79.9 cm³/mol. The second-order valence-electron chi connectivity index (χ2n) is 4.73. The summed E-state index contributed by atoms with van der Waals surface area (Å²) in [6.07, 6.45) is 3.21. The van der Waals surface area contributed by atoms with E-state index in [1.54, 1.807) is 0 Å². The lowest BCUT2D eigenvalue weighted by Crippen LogP contribution is -2.31. The van der Waals surface area contributed by atoms with Gasteiger partial charge in [-0.05, 0) is 56.0 Å². The number of hydrogen-bond donors (Lipinski definition) is 1. The molecule has 0 saturated heterocycles. The van der Waals surface area contributed by atoms with Crippen LogP contribution in [0.4, 0.5) is 10.1 Å². The molecule has 4 heteroatoms. The fourth-order valence-corrected chi connectivity index (χ4v) is 2.51. The van der Waals surface area contributed by atoms with Crippen LogP contribution in [-0.2, 0) is 0 Å². The Hall–Kier alpha value is -0.740. The SMILES string of the molecule is CSCCC(C)N(C)c1ccc(F)cc1[C@H](C)N. The van der Waals surface area contributed by atoms with Crippen molar-refractivity contribution in [3.8, 4) is 0 Å². The molecule has 102 valence electrons. The van der Waals surface area contributed by atoms with Gasteiger partial charge in [0.05, 0.1) is 0 Å². The molecule has 0 aliphatic carbocycles. The van der Waals surface area contributed by atoms with Crippen molar-refractivity contribution in [3.05, 3.63) is 29.6 Å². The van der Waals surface area contributed by atoms with E-state index >= 15 is 0 Å². The first kappa shape index (κ1) is 15.3. The Morgan fingerprint density at radius 2 is 2.06 bits per heavy atom. The van der Waals surface area contributed by atoms with E-state index in [1.807, 2.05) is 31.8 Å². The van der Waals surface area contributed by atoms with Gasteiger partial charge in [0.15, 0.2) is 0 Å². The molecular formula is C14H23FN2S. The number of halogens is 1. The number of thioether (sulfide) groups is 1. The fourth-order valence-electron chi connectivity index (χ4n) is 1.93. The first-order valence-corrected chi connectivity index (χ1v) is 7.63. The molecule has 1 rings (SSSR count). The van der Waals surface area contributed by atoms with Gasteiger partial charge < -0.3 is 10.6 Å². The summed E-state index contributed by atoms with van der Waals surface area (Å²) in [4.78, 5) is 2.19. The molecule has 1 aromatic rings. The highest BCUT2D eigenvalue weighted by Crippen LogP contribution is 2.27. The number of anilines is 1. The van der Waals surface area contributed by atoms with Gasteiger partial charge in [0.2, 0.25) is 0 Å². The zero-order chi connectivity index (χ0) is 13.7. The van der Waals surface area contributed by atoms with Gasteiger partial charge >= 0.3 is 0 Å². The van der Waals surface area contributed by atoms with E-state index in [4.69, 9.17) is 5.73 Å². The van der Waals surface area contributed by atoms with E-state index < -0.39 is 0 Å². The van der Waals surface area contributed by atoms with Crippen molar-refractivity contribution in [2.45, 2.75) is 32.4 Å². The summed E-state index contributed by atoms with van der Waals surface area (Å²) in [7, 11) is 2.05. The average molecular weight is 270 g/mol. The minimum atomic E-state index is -0.226. The highest BCUT2D eigenvalue weighted by atomic mass is 32.2. The summed E-state index contributed by atoms with van der Waals surface area (Å²) in [6.45, 7) is 4.07. The van der Waals surface area contributed by atoms with Gasteiger partial charge in [-0.25, -0.2) is 4.39 Å². The lowest BCUT2D eigenvalue weighted by Gasteiger charge is -2.30. The smallest absolute Gasteiger partial charge is 0.123 e. The van der Waals surface area contributed by atoms with E-state index in [1.165, 1.54) is 12.1 Å². The molecule has 0 fully saturated rings. The maximum atomic E-state index is 13.3. The quantitative estimate of drug-likeness (QED) is 0.859. The Kier molecular flexibility index (Phi) is 5.96. The lowest BCUT2D eigenvalue weighted by molar-refractivity contribution is 0.618. The van der Waals surface area contributed by atoms with Gasteiger partial charge in [-0.1, -0.05) is 0 Å². The molecule has 0 aliphatic rings. The van der Waals surface area contributed by atoms with Crippen molar-refractivity contribution in [3.63, 3.8) is 0 Å². The number of nitrogens with two attached hydrogens (primary N) is 1. The van der Waals surface area contributed by atoms with E-state index in [9.17, 15) is 4.39 Å². The Morgan fingerprint density at radius 1 is 1.39 bits per heavy atom. The van der Waals surface area contributed by atoms with E-state index in [0.717, 1.165) is 23.4 Å². The molecule has 2 N–H and O–H groups in total. The van der Waals surface area contributed by atoms with Crippen molar-refractivity contribution in [2.24, 2.45) is 5.73 Å². The zero-order valence-electron chi connectivity index (χ0n) is 11.6. The molecule has 0 radical (unpaired) electrons. The third kappa shape index (κ3) is 3.89. The van der Waals surface area contributed by atoms with Crippen molar-refractivity contribution in [1.82, 2.24) is 0 Å². The van der Waals surface area contributed by atoms with Gasteiger partial charge in [-0.3, -0.25) is 0 Å². The minimum absolute atomic E-state index is 0.161. The fraction of sp³-hybridized carbons (Fsp3) is 0.571. The Labute approximate surface area is 114 Å². The van der Waals surface area contributed by atoms with Crippen LogP contribution < -0.4 is 10.6 Å². The van der Waals surface area contributed by atoms with Crippen LogP contribution in [0.2, 0.25) is 0 Å². The molecule has 18 heavy (non-hydrogen) atoms. The highest BCUT2D eigenvalue weighted by Gasteiger charge is 2.16. The van der Waals surface area contributed by atoms with Crippen LogP contribution in [0.5, 0.6) is 0 Å². The Morgan fingerprint density at radius 3 is 2.61 bits per heavy atom. The third-order valence-corrected chi connectivity index (χ3v) is 3.90. The number of nitrogens with zero attached hydrogens (tertiary/aromatic N) is 1. The van der Waals surface area contributed by atoms with Gasteiger partial charge in [0.1, 0.15) is 5.82 Å². The summed E-state index contributed by atoms with van der Waals surface area (Å²) in [6, 6.07) is 5.12. The third-order valence-electron chi connectivity index (χ3n) is 3.26. The van der Waals surface area contributed by atoms with Crippen LogP contribution in [0.3, 0.4) is 0 Å². The van der Waals surface area contributed by atoms with E-state index in [-0.39, 0.29) is 11.9 Å². The van der Waals surface area contributed by atoms with Crippen LogP contribution in [-0.4, -0.2) is 25.1 Å². The highest BCUT2D eigenvalue weighted by molar-refractivity contribution is 7.98. The minimum Gasteiger partial charge on any atom is -0.372 e. The van der Waals surface area contributed by atoms with Crippen molar-refractivity contribution in [2.75, 3.05) is 24.0 Å². The first-order chi connectivity index (χ1) is 8.47. The van der Waals surface area contributed by atoms with Gasteiger partial charge in [-0.2, -0.15) is 11.8 Å². The maximum Gasteiger partial charge on any atom is 0.123 e. The molecule has 2 atom stereocenters. The Balaban J connectivity index is 2.93. The van der Waals surface area contributed by atoms with Crippen LogP contribution >= 0.6 is 11.8 Å². The molecule has 2 nitrogen and oxygen atoms in total. The standard InChI is InChI=1S/C14H23FN2S/c1-10(7-8-18-4)17(3)14-6-5-12(15)9-13(14)11(2)16/h5-6,9-11H,7-8,16H2,1-4H3/t10?,11-/m0/s1. The topological polar surface area (TPSA) is 29.3 Å². The van der Waals surface area contributed by atoms with Crippen LogP contribution in [0, 0.1) is 5.82 Å². The average Bonchev–Trinajstić information content (AvgIpc) is 2.34. The van der Waals surface area contributed by atoms with Gasteiger partial charge in [-0.15, -0.1) is 0 Å². The van der Waals surface area contributed by atoms with Crippen LogP contribution in [0.25, 0.3) is 0 Å². The molecule has 0 bridgehead atoms. The summed E-state index contributed by atoms with van der Waals surface area (Å²) < 4.78 is 13.3. The number of hydrogen-bond acceptors (Lipinski definition) is 3. The molecule has 0 spiro atoms. The monoisotopic (exact) mass is 270 g/mol. The van der Waals surface area contributed by atoms with Crippen LogP contribution in [0.15, 0.2) is 18.2 Å². The molecule has 0 amide bonds. The van der Waals surface area contributed by atoms with Crippen molar-refractivity contribution < 1.29 is 4.39 Å². The summed E-state index contributed by atoms with van der Waals surface area (Å²) >= 11 is 1.84. The second-order valence-corrected chi connectivity index (χ2v) is 5.72. The number of benzene rings is 1. The molecule has 1 unspecified atom stereocenters. The molecular weight excluding hydrogens is 247 g/mol. The summed E-state index contributed by atoms with van der Waals surface area (Å²) in [5, 5.41) is 0. The molecule has 0 aromatic heterocycles. The molecule has 1 aromatic carbocycles. The van der Waals surface area contributed by atoms with Crippen molar-refractivity contribution >= 4 is 17.4 Å². The zero-order valence-corrected chi connectivity index (χ0v) is 12.4. The first-order valence-electron chi connectivity index (χ1n) is 6.24. The Bertz CT molecular complexity index is 382. The lowest BCUT2D eigenvalue weighted by atomic mass is 10.0. The summed E-state index contributed by atoms with van der Waals surface area (Å²) in [5.41, 5.74) is 7.82. The molecule has 0 aliphatic heterocycles. The van der Waals surface area contributed by atoms with E-state index in [0.29, 0.717) is 6.04 Å². The van der Waals surface area contributed by atoms with Crippen molar-refractivity contribution in [1.29, 1.82) is 0 Å². The summed E-state index contributed by atoms with van der Waals surface area (Å²) in [5.74, 6) is 0.899.